The molecule has 0 radical (unpaired) electrons. The topological polar surface area (TPSA) is 93.0 Å². The van der Waals surface area contributed by atoms with E-state index < -0.39 is 0 Å². The number of carbonyl (C=O) groups excluding carboxylic acids is 1. The number of hydrogen-bond acceptors (Lipinski definition) is 5. The zero-order valence-electron chi connectivity index (χ0n) is 12.0. The second-order valence-corrected chi connectivity index (χ2v) is 5.04. The SMILES string of the molecule is O=C(COc1ccc(Cl)cc1)NCc1nc(-c2ccco2)n[nH]1. The van der Waals surface area contributed by atoms with Crippen LogP contribution >= 0.6 is 11.6 Å². The summed E-state index contributed by atoms with van der Waals surface area (Å²) in [5.41, 5.74) is 0. The van der Waals surface area contributed by atoms with Gasteiger partial charge in [-0.25, -0.2) is 4.98 Å². The van der Waals surface area contributed by atoms with Crippen molar-refractivity contribution in [3.05, 3.63) is 53.5 Å². The number of furan rings is 1. The standard InChI is InChI=1S/C15H13ClN4O3/c16-10-3-5-11(6-4-10)23-9-14(21)17-8-13-18-15(20-19-13)12-2-1-7-22-12/h1-7H,8-9H2,(H,17,21)(H,18,19,20). The molecule has 1 amide bonds. The van der Waals surface area contributed by atoms with Crippen LogP contribution < -0.4 is 10.1 Å². The number of aromatic amines is 1. The molecule has 0 unspecified atom stereocenters. The van der Waals surface area contributed by atoms with E-state index in [9.17, 15) is 4.79 Å². The number of nitrogens with one attached hydrogen (secondary N) is 2. The molecule has 23 heavy (non-hydrogen) atoms. The number of benzene rings is 1. The van der Waals surface area contributed by atoms with Gasteiger partial charge in [0.05, 0.1) is 12.8 Å². The van der Waals surface area contributed by atoms with Gasteiger partial charge >= 0.3 is 0 Å². The second kappa shape index (κ2) is 6.97. The first kappa shape index (κ1) is 15.1. The third-order valence-electron chi connectivity index (χ3n) is 2.91. The normalized spacial score (nSPS) is 10.5. The minimum absolute atomic E-state index is 0.0964. The first-order valence-electron chi connectivity index (χ1n) is 6.81. The molecule has 0 bridgehead atoms. The van der Waals surface area contributed by atoms with Gasteiger partial charge in [0.1, 0.15) is 11.6 Å². The number of amides is 1. The lowest BCUT2D eigenvalue weighted by Gasteiger charge is -2.06. The van der Waals surface area contributed by atoms with Gasteiger partial charge in [0.15, 0.2) is 12.4 Å². The Morgan fingerprint density at radius 1 is 1.30 bits per heavy atom. The summed E-state index contributed by atoms with van der Waals surface area (Å²) in [6.45, 7) is 0.122. The van der Waals surface area contributed by atoms with Crippen LogP contribution in [0.15, 0.2) is 47.1 Å². The maximum absolute atomic E-state index is 11.7. The Labute approximate surface area is 136 Å². The van der Waals surface area contributed by atoms with Crippen molar-refractivity contribution >= 4 is 17.5 Å². The predicted molar refractivity (Wildman–Crippen MR) is 82.9 cm³/mol. The molecule has 7 nitrogen and oxygen atoms in total. The Kier molecular flexibility index (Phi) is 4.58. The number of H-pyrrole nitrogens is 1. The molecular formula is C15H13ClN4O3. The molecule has 3 aromatic rings. The summed E-state index contributed by atoms with van der Waals surface area (Å²) in [7, 11) is 0. The van der Waals surface area contributed by atoms with Crippen LogP contribution in [0.1, 0.15) is 5.82 Å². The number of carbonyl (C=O) groups is 1. The highest BCUT2D eigenvalue weighted by Gasteiger charge is 2.09. The Morgan fingerprint density at radius 2 is 2.13 bits per heavy atom. The average Bonchev–Trinajstić information content (AvgIpc) is 3.23. The monoisotopic (exact) mass is 332 g/mol. The lowest BCUT2D eigenvalue weighted by molar-refractivity contribution is -0.123. The van der Waals surface area contributed by atoms with Crippen molar-refractivity contribution < 1.29 is 13.9 Å². The summed E-state index contributed by atoms with van der Waals surface area (Å²) < 4.78 is 10.5. The molecule has 2 heterocycles. The van der Waals surface area contributed by atoms with Crippen LogP contribution in [0.4, 0.5) is 0 Å². The molecular weight excluding hydrogens is 320 g/mol. The first-order chi connectivity index (χ1) is 11.2. The molecule has 0 fully saturated rings. The molecule has 2 aromatic heterocycles. The third kappa shape index (κ3) is 4.10. The van der Waals surface area contributed by atoms with E-state index in [-0.39, 0.29) is 19.1 Å². The van der Waals surface area contributed by atoms with Gasteiger partial charge in [-0.05, 0) is 36.4 Å². The molecule has 0 spiro atoms. The molecule has 0 aliphatic rings. The van der Waals surface area contributed by atoms with Crippen LogP contribution in [0.25, 0.3) is 11.6 Å². The minimum Gasteiger partial charge on any atom is -0.484 e. The van der Waals surface area contributed by atoms with Crippen LogP contribution in [0.5, 0.6) is 5.75 Å². The van der Waals surface area contributed by atoms with Crippen molar-refractivity contribution in [1.82, 2.24) is 20.5 Å². The van der Waals surface area contributed by atoms with Gasteiger partial charge in [-0.15, -0.1) is 5.10 Å². The highest BCUT2D eigenvalue weighted by Crippen LogP contribution is 2.15. The minimum atomic E-state index is -0.268. The van der Waals surface area contributed by atoms with Crippen LogP contribution in [-0.2, 0) is 11.3 Å². The van der Waals surface area contributed by atoms with E-state index in [2.05, 4.69) is 20.5 Å². The van der Waals surface area contributed by atoms with Gasteiger partial charge in [-0.1, -0.05) is 11.6 Å². The quantitative estimate of drug-likeness (QED) is 0.723. The molecule has 0 saturated carbocycles. The summed E-state index contributed by atoms with van der Waals surface area (Å²) in [6.07, 6.45) is 1.54. The van der Waals surface area contributed by atoms with Gasteiger partial charge in [-0.3, -0.25) is 9.89 Å². The maximum Gasteiger partial charge on any atom is 0.258 e. The molecule has 0 aliphatic carbocycles. The van der Waals surface area contributed by atoms with Crippen LogP contribution in [0.3, 0.4) is 0 Å². The fraction of sp³-hybridized carbons (Fsp3) is 0.133. The molecule has 1 aromatic carbocycles. The van der Waals surface area contributed by atoms with Gasteiger partial charge < -0.3 is 14.5 Å². The molecule has 0 aliphatic heterocycles. The smallest absolute Gasteiger partial charge is 0.258 e. The Hall–Kier alpha value is -2.80. The van der Waals surface area contributed by atoms with Crippen LogP contribution in [-0.4, -0.2) is 27.7 Å². The van der Waals surface area contributed by atoms with Crippen molar-refractivity contribution in [3.63, 3.8) is 0 Å². The number of nitrogens with zero attached hydrogens (tertiary/aromatic N) is 2. The van der Waals surface area contributed by atoms with E-state index in [4.69, 9.17) is 20.8 Å². The number of aromatic nitrogens is 3. The molecule has 0 atom stereocenters. The average molecular weight is 333 g/mol. The lowest BCUT2D eigenvalue weighted by atomic mass is 10.3. The summed E-state index contributed by atoms with van der Waals surface area (Å²) in [5, 5.41) is 10.0. The van der Waals surface area contributed by atoms with E-state index >= 15 is 0 Å². The summed E-state index contributed by atoms with van der Waals surface area (Å²) in [5.74, 6) is 1.83. The van der Waals surface area contributed by atoms with Gasteiger partial charge in [0, 0.05) is 5.02 Å². The largest absolute Gasteiger partial charge is 0.484 e. The lowest BCUT2D eigenvalue weighted by Crippen LogP contribution is -2.28. The molecule has 0 saturated heterocycles. The zero-order chi connectivity index (χ0) is 16.1. The summed E-state index contributed by atoms with van der Waals surface area (Å²) in [6, 6.07) is 10.3. The van der Waals surface area contributed by atoms with Crippen molar-refractivity contribution in [2.45, 2.75) is 6.54 Å². The Bertz CT molecular complexity index is 768. The van der Waals surface area contributed by atoms with E-state index in [0.717, 1.165) is 0 Å². The van der Waals surface area contributed by atoms with Crippen molar-refractivity contribution in [1.29, 1.82) is 0 Å². The highest BCUT2D eigenvalue weighted by atomic mass is 35.5. The van der Waals surface area contributed by atoms with E-state index in [0.29, 0.717) is 28.2 Å². The number of rotatable bonds is 6. The van der Waals surface area contributed by atoms with Crippen LogP contribution in [0.2, 0.25) is 5.02 Å². The fourth-order valence-corrected chi connectivity index (χ4v) is 1.93. The van der Waals surface area contributed by atoms with Crippen molar-refractivity contribution in [2.75, 3.05) is 6.61 Å². The van der Waals surface area contributed by atoms with Gasteiger partial charge in [0.25, 0.3) is 5.91 Å². The van der Waals surface area contributed by atoms with Crippen molar-refractivity contribution in [2.24, 2.45) is 0 Å². The van der Waals surface area contributed by atoms with Gasteiger partial charge in [-0.2, -0.15) is 0 Å². The first-order valence-corrected chi connectivity index (χ1v) is 7.19. The molecule has 3 rings (SSSR count). The predicted octanol–water partition coefficient (Wildman–Crippen LogP) is 2.41. The van der Waals surface area contributed by atoms with E-state index in [1.54, 1.807) is 42.7 Å². The second-order valence-electron chi connectivity index (χ2n) is 4.60. The Balaban J connectivity index is 1.46. The van der Waals surface area contributed by atoms with E-state index in [1.165, 1.54) is 0 Å². The number of halogens is 1. The van der Waals surface area contributed by atoms with E-state index in [1.807, 2.05) is 0 Å². The van der Waals surface area contributed by atoms with Gasteiger partial charge in [0.2, 0.25) is 5.82 Å². The van der Waals surface area contributed by atoms with Crippen molar-refractivity contribution in [3.8, 4) is 17.3 Å². The zero-order valence-corrected chi connectivity index (χ0v) is 12.7. The summed E-state index contributed by atoms with van der Waals surface area (Å²) in [4.78, 5) is 16.0. The number of ether oxygens (including phenoxy) is 1. The molecule has 8 heteroatoms. The van der Waals surface area contributed by atoms with Crippen LogP contribution in [0, 0.1) is 0 Å². The molecule has 118 valence electrons. The number of hydrogen-bond donors (Lipinski definition) is 2. The Morgan fingerprint density at radius 3 is 2.87 bits per heavy atom. The third-order valence-corrected chi connectivity index (χ3v) is 3.16. The summed E-state index contributed by atoms with van der Waals surface area (Å²) >= 11 is 5.77. The highest BCUT2D eigenvalue weighted by molar-refractivity contribution is 6.30. The maximum atomic E-state index is 11.7. The fourth-order valence-electron chi connectivity index (χ4n) is 1.80. The molecule has 2 N–H and O–H groups in total.